The fourth-order valence-corrected chi connectivity index (χ4v) is 2.32. The van der Waals surface area contributed by atoms with E-state index in [1.54, 1.807) is 19.1 Å². The molecule has 2 aromatic rings. The van der Waals surface area contributed by atoms with Crippen LogP contribution in [-0.2, 0) is 9.53 Å². The second kappa shape index (κ2) is 8.23. The van der Waals surface area contributed by atoms with Crippen LogP contribution in [0.5, 0.6) is 0 Å². The highest BCUT2D eigenvalue weighted by Crippen LogP contribution is 2.16. The maximum atomic E-state index is 12.5. The molecule has 0 aliphatic carbocycles. The van der Waals surface area contributed by atoms with Crippen molar-refractivity contribution in [3.05, 3.63) is 51.9 Å². The standard InChI is InChI=1S/C18H21N3O4/c1-4-8-15(22)19-13-11-16(23)21(14-10-7-6-9-12(14)3)20-17(13)18(24)25-5-2/h6-7,9-11H,4-5,8H2,1-3H3,(H,19,22). The second-order valence-corrected chi connectivity index (χ2v) is 5.46. The fourth-order valence-electron chi connectivity index (χ4n) is 2.32. The largest absolute Gasteiger partial charge is 0.461 e. The Kier molecular flexibility index (Phi) is 6.05. The quantitative estimate of drug-likeness (QED) is 0.814. The van der Waals surface area contributed by atoms with Crippen molar-refractivity contribution in [3.63, 3.8) is 0 Å². The first-order valence-electron chi connectivity index (χ1n) is 8.15. The molecule has 2 rings (SSSR count). The maximum Gasteiger partial charge on any atom is 0.360 e. The van der Waals surface area contributed by atoms with Gasteiger partial charge in [-0.05, 0) is 31.9 Å². The first-order chi connectivity index (χ1) is 12.0. The average Bonchev–Trinajstić information content (AvgIpc) is 2.56. The highest BCUT2D eigenvalue weighted by Gasteiger charge is 2.20. The number of aromatic nitrogens is 2. The third kappa shape index (κ3) is 4.32. The summed E-state index contributed by atoms with van der Waals surface area (Å²) in [5.74, 6) is -0.987. The molecule has 7 heteroatoms. The minimum Gasteiger partial charge on any atom is -0.461 e. The molecule has 1 N–H and O–H groups in total. The molecule has 0 bridgehead atoms. The van der Waals surface area contributed by atoms with Crippen LogP contribution in [0.25, 0.3) is 5.69 Å². The van der Waals surface area contributed by atoms with Crippen LogP contribution < -0.4 is 10.9 Å². The van der Waals surface area contributed by atoms with Gasteiger partial charge in [0, 0.05) is 12.5 Å². The normalized spacial score (nSPS) is 10.4. The first kappa shape index (κ1) is 18.4. The van der Waals surface area contributed by atoms with Crippen LogP contribution in [-0.4, -0.2) is 28.3 Å². The molecule has 0 aliphatic rings. The molecule has 0 unspecified atom stereocenters. The Morgan fingerprint density at radius 3 is 2.60 bits per heavy atom. The summed E-state index contributed by atoms with van der Waals surface area (Å²) in [4.78, 5) is 36.6. The number of aryl methyl sites for hydroxylation is 1. The van der Waals surface area contributed by atoms with Crippen molar-refractivity contribution < 1.29 is 14.3 Å². The third-order valence-corrected chi connectivity index (χ3v) is 3.50. The van der Waals surface area contributed by atoms with Gasteiger partial charge in [0.25, 0.3) is 5.56 Å². The van der Waals surface area contributed by atoms with Crippen molar-refractivity contribution in [2.45, 2.75) is 33.6 Å². The van der Waals surface area contributed by atoms with Gasteiger partial charge in [0.1, 0.15) is 0 Å². The van der Waals surface area contributed by atoms with Crippen molar-refractivity contribution >= 4 is 17.6 Å². The monoisotopic (exact) mass is 343 g/mol. The number of hydrogen-bond donors (Lipinski definition) is 1. The van der Waals surface area contributed by atoms with Crippen molar-refractivity contribution in [1.82, 2.24) is 9.78 Å². The third-order valence-electron chi connectivity index (χ3n) is 3.50. The van der Waals surface area contributed by atoms with E-state index in [4.69, 9.17) is 4.74 Å². The van der Waals surface area contributed by atoms with Crippen LogP contribution >= 0.6 is 0 Å². The molecular formula is C18H21N3O4. The van der Waals surface area contributed by atoms with Gasteiger partial charge in [-0.3, -0.25) is 9.59 Å². The Balaban J connectivity index is 2.56. The molecule has 0 atom stereocenters. The van der Waals surface area contributed by atoms with E-state index in [0.29, 0.717) is 12.1 Å². The van der Waals surface area contributed by atoms with Crippen LogP contribution in [0, 0.1) is 6.92 Å². The van der Waals surface area contributed by atoms with E-state index >= 15 is 0 Å². The number of esters is 1. The molecule has 0 radical (unpaired) electrons. The Bertz CT molecular complexity index is 842. The molecule has 1 amide bonds. The highest BCUT2D eigenvalue weighted by molar-refractivity contribution is 5.99. The topological polar surface area (TPSA) is 90.3 Å². The lowest BCUT2D eigenvalue weighted by atomic mass is 10.2. The number of nitrogens with zero attached hydrogens (tertiary/aromatic N) is 2. The van der Waals surface area contributed by atoms with Gasteiger partial charge < -0.3 is 10.1 Å². The van der Waals surface area contributed by atoms with Crippen LogP contribution in [0.2, 0.25) is 0 Å². The van der Waals surface area contributed by atoms with Crippen LogP contribution in [0.1, 0.15) is 42.7 Å². The lowest BCUT2D eigenvalue weighted by Gasteiger charge is -2.13. The number of hydrogen-bond acceptors (Lipinski definition) is 5. The first-order valence-corrected chi connectivity index (χ1v) is 8.15. The van der Waals surface area contributed by atoms with Crippen molar-refractivity contribution in [2.24, 2.45) is 0 Å². The van der Waals surface area contributed by atoms with E-state index < -0.39 is 11.5 Å². The number of rotatable bonds is 6. The zero-order valence-electron chi connectivity index (χ0n) is 14.5. The number of amides is 1. The van der Waals surface area contributed by atoms with Gasteiger partial charge >= 0.3 is 5.97 Å². The smallest absolute Gasteiger partial charge is 0.360 e. The maximum absolute atomic E-state index is 12.5. The van der Waals surface area contributed by atoms with Gasteiger partial charge in [-0.1, -0.05) is 25.1 Å². The SMILES string of the molecule is CCCC(=O)Nc1cc(=O)n(-c2ccccc2C)nc1C(=O)OCC. The van der Waals surface area contributed by atoms with Crippen molar-refractivity contribution in [1.29, 1.82) is 0 Å². The molecule has 0 spiro atoms. The molecular weight excluding hydrogens is 322 g/mol. The van der Waals surface area contributed by atoms with Gasteiger partial charge in [-0.2, -0.15) is 9.78 Å². The van der Waals surface area contributed by atoms with E-state index in [9.17, 15) is 14.4 Å². The summed E-state index contributed by atoms with van der Waals surface area (Å²) in [5.41, 5.74) is 0.897. The summed E-state index contributed by atoms with van der Waals surface area (Å²) >= 11 is 0. The van der Waals surface area contributed by atoms with Gasteiger partial charge in [0.2, 0.25) is 5.91 Å². The van der Waals surface area contributed by atoms with E-state index in [0.717, 1.165) is 10.2 Å². The minimum atomic E-state index is -0.698. The molecule has 1 heterocycles. The predicted molar refractivity (Wildman–Crippen MR) is 94.1 cm³/mol. The van der Waals surface area contributed by atoms with Gasteiger partial charge in [0.15, 0.2) is 5.69 Å². The number of carbonyl (C=O) groups excluding carboxylic acids is 2. The molecule has 7 nitrogen and oxygen atoms in total. The second-order valence-electron chi connectivity index (χ2n) is 5.46. The zero-order chi connectivity index (χ0) is 18.4. The zero-order valence-corrected chi connectivity index (χ0v) is 14.5. The van der Waals surface area contributed by atoms with Crippen LogP contribution in [0.3, 0.4) is 0 Å². The van der Waals surface area contributed by atoms with E-state index in [1.807, 2.05) is 26.0 Å². The number of para-hydroxylation sites is 1. The number of ether oxygens (including phenoxy) is 1. The summed E-state index contributed by atoms with van der Waals surface area (Å²) < 4.78 is 6.14. The number of nitrogens with one attached hydrogen (secondary N) is 1. The molecule has 132 valence electrons. The molecule has 0 saturated heterocycles. The molecule has 0 saturated carbocycles. The summed E-state index contributed by atoms with van der Waals surface area (Å²) in [6, 6.07) is 8.38. The Morgan fingerprint density at radius 1 is 1.24 bits per heavy atom. The lowest BCUT2D eigenvalue weighted by molar-refractivity contribution is -0.116. The van der Waals surface area contributed by atoms with E-state index in [1.165, 1.54) is 6.07 Å². The van der Waals surface area contributed by atoms with E-state index in [-0.39, 0.29) is 30.3 Å². The van der Waals surface area contributed by atoms with Gasteiger partial charge in [-0.15, -0.1) is 0 Å². The lowest BCUT2D eigenvalue weighted by Crippen LogP contribution is -2.27. The van der Waals surface area contributed by atoms with Crippen LogP contribution in [0.15, 0.2) is 35.1 Å². The van der Waals surface area contributed by atoms with Crippen molar-refractivity contribution in [3.8, 4) is 5.69 Å². The predicted octanol–water partition coefficient (Wildman–Crippen LogP) is 2.46. The summed E-state index contributed by atoms with van der Waals surface area (Å²) in [6.45, 7) is 5.53. The summed E-state index contributed by atoms with van der Waals surface area (Å²) in [7, 11) is 0. The summed E-state index contributed by atoms with van der Waals surface area (Å²) in [5, 5.41) is 6.72. The number of benzene rings is 1. The highest BCUT2D eigenvalue weighted by atomic mass is 16.5. The van der Waals surface area contributed by atoms with Crippen LogP contribution in [0.4, 0.5) is 5.69 Å². The number of anilines is 1. The molecule has 0 fully saturated rings. The molecule has 25 heavy (non-hydrogen) atoms. The Morgan fingerprint density at radius 2 is 1.96 bits per heavy atom. The minimum absolute atomic E-state index is 0.0618. The van der Waals surface area contributed by atoms with Gasteiger partial charge in [-0.25, -0.2) is 4.79 Å². The van der Waals surface area contributed by atoms with Crippen molar-refractivity contribution in [2.75, 3.05) is 11.9 Å². The Labute approximate surface area is 145 Å². The number of carbonyl (C=O) groups is 2. The Hall–Kier alpha value is -2.96. The molecule has 0 aliphatic heterocycles. The van der Waals surface area contributed by atoms with E-state index in [2.05, 4.69) is 10.4 Å². The summed E-state index contributed by atoms with van der Waals surface area (Å²) in [6.07, 6.45) is 0.928. The molecule has 1 aromatic carbocycles. The fraction of sp³-hybridized carbons (Fsp3) is 0.333. The average molecular weight is 343 g/mol. The van der Waals surface area contributed by atoms with Gasteiger partial charge in [0.05, 0.1) is 18.0 Å². The molecule has 1 aromatic heterocycles.